The van der Waals surface area contributed by atoms with E-state index in [4.69, 9.17) is 4.52 Å². The summed E-state index contributed by atoms with van der Waals surface area (Å²) < 4.78 is 5.78. The number of hydrogen-bond acceptors (Lipinski definition) is 4. The molecular formula is C16H13N3O3. The average Bonchev–Trinajstić information content (AvgIpc) is 2.95. The average molecular weight is 295 g/mol. The lowest BCUT2D eigenvalue weighted by molar-refractivity contribution is -0.640. The van der Waals surface area contributed by atoms with Gasteiger partial charge in [0, 0.05) is 5.27 Å². The molecule has 0 aliphatic heterocycles. The maximum Gasteiger partial charge on any atom is 0.437 e. The largest absolute Gasteiger partial charge is 0.867 e. The highest BCUT2D eigenvalue weighted by Gasteiger charge is 2.11. The molecule has 6 heteroatoms. The molecule has 1 N–H and O–H groups in total. The van der Waals surface area contributed by atoms with Gasteiger partial charge in [0.15, 0.2) is 0 Å². The zero-order valence-corrected chi connectivity index (χ0v) is 11.6. The van der Waals surface area contributed by atoms with Crippen molar-refractivity contribution in [1.29, 1.82) is 0 Å². The molecule has 0 fully saturated rings. The third-order valence-electron chi connectivity index (χ3n) is 3.12. The van der Waals surface area contributed by atoms with Crippen molar-refractivity contribution in [3.63, 3.8) is 0 Å². The van der Waals surface area contributed by atoms with Crippen LogP contribution in [-0.4, -0.2) is 5.27 Å². The zero-order chi connectivity index (χ0) is 15.4. The topological polar surface area (TPSA) is 87.3 Å². The number of benzene rings is 2. The highest BCUT2D eigenvalue weighted by Crippen LogP contribution is 2.02. The van der Waals surface area contributed by atoms with E-state index >= 15 is 0 Å². The van der Waals surface area contributed by atoms with Crippen LogP contribution in [0, 0.1) is 0 Å². The Kier molecular flexibility index (Phi) is 3.82. The summed E-state index contributed by atoms with van der Waals surface area (Å²) in [6, 6.07) is 18.0. The molecule has 0 bridgehead atoms. The predicted molar refractivity (Wildman–Crippen MR) is 76.1 cm³/mol. The Morgan fingerprint density at radius 3 is 2.41 bits per heavy atom. The van der Waals surface area contributed by atoms with Gasteiger partial charge in [-0.1, -0.05) is 60.7 Å². The van der Waals surface area contributed by atoms with Gasteiger partial charge in [-0.2, -0.15) is 0 Å². The molecule has 3 aromatic rings. The minimum atomic E-state index is -0.745. The van der Waals surface area contributed by atoms with Crippen molar-refractivity contribution in [3.05, 3.63) is 87.6 Å². The number of nitrogens with zero attached hydrogens (tertiary/aromatic N) is 2. The summed E-state index contributed by atoms with van der Waals surface area (Å²) in [5.41, 5.74) is 0.610. The van der Waals surface area contributed by atoms with Gasteiger partial charge in [0.05, 0.1) is 4.48 Å². The maximum absolute atomic E-state index is 12.4. The van der Waals surface area contributed by atoms with E-state index in [0.717, 1.165) is 10.0 Å². The van der Waals surface area contributed by atoms with Crippen LogP contribution in [0.3, 0.4) is 0 Å². The molecule has 0 saturated carbocycles. The second-order valence-electron chi connectivity index (χ2n) is 4.62. The minimum absolute atomic E-state index is 0.151. The molecule has 3 rings (SSSR count). The molecule has 0 saturated heterocycles. The first-order chi connectivity index (χ1) is 10.8. The number of aromatic nitrogens is 2. The Bertz CT molecular complexity index is 928. The van der Waals surface area contributed by atoms with E-state index in [9.17, 15) is 9.90 Å². The molecule has 1 heterocycles. The Balaban J connectivity index is 2.11. The van der Waals surface area contributed by atoms with E-state index in [2.05, 4.69) is 10.4 Å². The molecule has 0 amide bonds. The van der Waals surface area contributed by atoms with E-state index in [1.54, 1.807) is 30.3 Å². The number of H-pyrrole nitrogens is 1. The van der Waals surface area contributed by atoms with Gasteiger partial charge < -0.3 is 5.11 Å². The summed E-state index contributed by atoms with van der Waals surface area (Å²) in [6.45, 7) is 0.316. The van der Waals surface area contributed by atoms with Crippen molar-refractivity contribution in [2.24, 2.45) is 5.11 Å². The Morgan fingerprint density at radius 1 is 1.09 bits per heavy atom. The van der Waals surface area contributed by atoms with Crippen molar-refractivity contribution in [2.75, 3.05) is 0 Å². The molecule has 0 atom stereocenters. The molecular weight excluding hydrogens is 282 g/mol. The SMILES string of the molecule is O=c1o[nH][n+](=NCc2ccccc2)/c1=C(\[O-])c1ccccc1. The summed E-state index contributed by atoms with van der Waals surface area (Å²) in [4.78, 5) is 11.8. The lowest BCUT2D eigenvalue weighted by atomic mass is 10.2. The summed E-state index contributed by atoms with van der Waals surface area (Å²) in [5, 5.41) is 18.8. The van der Waals surface area contributed by atoms with Crippen molar-refractivity contribution in [1.82, 2.24) is 5.27 Å². The molecule has 0 aliphatic carbocycles. The first-order valence-corrected chi connectivity index (χ1v) is 6.70. The van der Waals surface area contributed by atoms with Crippen LogP contribution in [0.5, 0.6) is 0 Å². The van der Waals surface area contributed by atoms with Crippen molar-refractivity contribution in [3.8, 4) is 0 Å². The number of nitrogens with one attached hydrogen (secondary N) is 1. The van der Waals surface area contributed by atoms with E-state index in [0.29, 0.717) is 12.1 Å². The predicted octanol–water partition coefficient (Wildman–Crippen LogP) is 0.00410. The van der Waals surface area contributed by atoms with Crippen molar-refractivity contribution < 1.29 is 14.1 Å². The molecule has 1 aromatic heterocycles. The van der Waals surface area contributed by atoms with Gasteiger partial charge in [0.2, 0.25) is 0 Å². The van der Waals surface area contributed by atoms with Crippen molar-refractivity contribution in [2.45, 2.75) is 6.54 Å². The summed E-state index contributed by atoms with van der Waals surface area (Å²) >= 11 is 0. The Labute approximate surface area is 125 Å². The van der Waals surface area contributed by atoms with Gasteiger partial charge in [-0.25, -0.2) is 4.79 Å². The summed E-state index contributed by atoms with van der Waals surface area (Å²) in [6.07, 6.45) is 0. The Morgan fingerprint density at radius 2 is 1.73 bits per heavy atom. The van der Waals surface area contributed by atoms with E-state index < -0.39 is 11.4 Å². The van der Waals surface area contributed by atoms with Crippen LogP contribution in [0.2, 0.25) is 0 Å². The van der Waals surface area contributed by atoms with Gasteiger partial charge >= 0.3 is 11.0 Å². The van der Waals surface area contributed by atoms with Gasteiger partial charge in [0.1, 0.15) is 6.54 Å². The fraction of sp³-hybridized carbons (Fsp3) is 0.0625. The number of rotatable bonds is 3. The van der Waals surface area contributed by atoms with Crippen LogP contribution in [0.25, 0.3) is 5.76 Å². The highest BCUT2D eigenvalue weighted by atomic mass is 16.5. The first kappa shape index (κ1) is 13.8. The second kappa shape index (κ2) is 6.09. The third-order valence-corrected chi connectivity index (χ3v) is 3.12. The minimum Gasteiger partial charge on any atom is -0.867 e. The van der Waals surface area contributed by atoms with Crippen LogP contribution in [0.15, 0.2) is 75.1 Å². The second-order valence-corrected chi connectivity index (χ2v) is 4.62. The van der Waals surface area contributed by atoms with E-state index in [1.807, 2.05) is 30.3 Å². The van der Waals surface area contributed by atoms with E-state index in [1.165, 1.54) is 0 Å². The van der Waals surface area contributed by atoms with Crippen LogP contribution in [-0.2, 0) is 6.54 Å². The van der Waals surface area contributed by atoms with Crippen molar-refractivity contribution >= 4 is 5.76 Å². The number of hydrogen-bond donors (Lipinski definition) is 1. The Hall–Kier alpha value is -3.15. The number of aromatic amines is 1. The summed E-state index contributed by atoms with van der Waals surface area (Å²) in [5.74, 6) is -0.438. The van der Waals surface area contributed by atoms with Gasteiger partial charge in [-0.15, -0.1) is 0 Å². The van der Waals surface area contributed by atoms with Gasteiger partial charge in [0.25, 0.3) is 0 Å². The lowest BCUT2D eigenvalue weighted by Crippen LogP contribution is -2.46. The quantitative estimate of drug-likeness (QED) is 0.690. The zero-order valence-electron chi connectivity index (χ0n) is 11.6. The lowest BCUT2D eigenvalue weighted by Gasteiger charge is -2.05. The fourth-order valence-corrected chi connectivity index (χ4v) is 2.02. The molecule has 0 aliphatic rings. The van der Waals surface area contributed by atoms with Crippen LogP contribution in [0.1, 0.15) is 11.1 Å². The van der Waals surface area contributed by atoms with E-state index in [-0.39, 0.29) is 5.35 Å². The highest BCUT2D eigenvalue weighted by molar-refractivity contribution is 5.54. The molecule has 22 heavy (non-hydrogen) atoms. The first-order valence-electron chi connectivity index (χ1n) is 6.70. The third kappa shape index (κ3) is 2.80. The fourth-order valence-electron chi connectivity index (χ4n) is 2.02. The van der Waals surface area contributed by atoms with Gasteiger partial charge in [-0.3, -0.25) is 4.52 Å². The van der Waals surface area contributed by atoms with Crippen LogP contribution >= 0.6 is 0 Å². The maximum atomic E-state index is 12.4. The molecule has 110 valence electrons. The van der Waals surface area contributed by atoms with Crippen LogP contribution in [0.4, 0.5) is 0 Å². The molecule has 2 aromatic carbocycles. The summed E-state index contributed by atoms with van der Waals surface area (Å²) in [7, 11) is 0. The molecule has 0 unspecified atom stereocenters. The standard InChI is InChI=1S/C16H13N3O3/c20-15(13-9-5-2-6-10-13)14-16(21)22-18-19(14)17-11-12-7-3-1-4-8-12/h1-10H,11H2,(H-,17,18,20,21). The molecule has 0 radical (unpaired) electrons. The van der Waals surface area contributed by atoms with Crippen LogP contribution < -0.4 is 20.6 Å². The smallest absolute Gasteiger partial charge is 0.437 e. The van der Waals surface area contributed by atoms with Gasteiger partial charge in [-0.05, 0) is 22.0 Å². The molecule has 0 spiro atoms. The molecule has 6 nitrogen and oxygen atoms in total. The monoisotopic (exact) mass is 295 g/mol. The normalized spacial score (nSPS) is 13.2.